The summed E-state index contributed by atoms with van der Waals surface area (Å²) in [6, 6.07) is 9.75. The number of ether oxygens (including phenoxy) is 1. The molecule has 0 aliphatic rings. The first-order valence-corrected chi connectivity index (χ1v) is 7.02. The van der Waals surface area contributed by atoms with Gasteiger partial charge in [0.05, 0.1) is 12.6 Å². The zero-order chi connectivity index (χ0) is 13.7. The lowest BCUT2D eigenvalue weighted by Crippen LogP contribution is -2.18. The van der Waals surface area contributed by atoms with Gasteiger partial charge in [-0.2, -0.15) is 0 Å². The highest BCUT2D eigenvalue weighted by Crippen LogP contribution is 2.22. The van der Waals surface area contributed by atoms with Gasteiger partial charge < -0.3 is 14.9 Å². The molecular weight excluding hydrogens is 238 g/mol. The fourth-order valence-electron chi connectivity index (χ4n) is 2.24. The number of hydrogen-bond acceptors (Lipinski definition) is 3. The van der Waals surface area contributed by atoms with Crippen LogP contribution in [0.2, 0.25) is 0 Å². The van der Waals surface area contributed by atoms with Crippen LogP contribution >= 0.6 is 0 Å². The number of rotatable bonds is 7. The molecule has 0 bridgehead atoms. The smallest absolute Gasteiger partial charge is 0.134 e. The Morgan fingerprint density at radius 3 is 2.79 bits per heavy atom. The van der Waals surface area contributed by atoms with E-state index in [0.717, 1.165) is 23.3 Å². The summed E-state index contributed by atoms with van der Waals surface area (Å²) in [5.74, 6) is 1.39. The Morgan fingerprint density at radius 1 is 1.26 bits per heavy atom. The van der Waals surface area contributed by atoms with E-state index in [1.165, 1.54) is 12.8 Å². The van der Waals surface area contributed by atoms with E-state index in [1.54, 1.807) is 0 Å². The largest absolute Gasteiger partial charge is 0.459 e. The fourth-order valence-corrected chi connectivity index (χ4v) is 2.24. The van der Waals surface area contributed by atoms with Crippen molar-refractivity contribution in [2.45, 2.75) is 32.7 Å². The molecule has 3 nitrogen and oxygen atoms in total. The van der Waals surface area contributed by atoms with Crippen molar-refractivity contribution in [3.63, 3.8) is 0 Å². The van der Waals surface area contributed by atoms with Crippen LogP contribution in [0.15, 0.2) is 34.7 Å². The van der Waals surface area contributed by atoms with Crippen molar-refractivity contribution in [1.82, 2.24) is 0 Å². The third kappa shape index (κ3) is 3.82. The first-order valence-electron chi connectivity index (χ1n) is 7.02. The first-order chi connectivity index (χ1) is 9.20. The minimum absolute atomic E-state index is 0.193. The van der Waals surface area contributed by atoms with Crippen LogP contribution in [0.3, 0.4) is 0 Å². The lowest BCUT2D eigenvalue weighted by molar-refractivity contribution is 0.0872. The molecule has 2 atom stereocenters. The Bertz CT molecular complexity index is 473. The second kappa shape index (κ2) is 6.73. The number of para-hydroxylation sites is 1. The second-order valence-electron chi connectivity index (χ2n) is 5.22. The third-order valence-corrected chi connectivity index (χ3v) is 3.29. The summed E-state index contributed by atoms with van der Waals surface area (Å²) in [7, 11) is 0. The summed E-state index contributed by atoms with van der Waals surface area (Å²) in [5, 5.41) is 1.09. The standard InChI is InChI=1S/C16H23NO2/c1-3-6-12(2)10-18-11-14(17)16-9-13-7-4-5-8-15(13)19-16/h4-5,7-9,12,14H,3,6,10-11,17H2,1-2H3. The molecule has 1 aromatic heterocycles. The van der Waals surface area contributed by atoms with Crippen molar-refractivity contribution >= 4 is 11.0 Å². The Labute approximate surface area is 114 Å². The molecule has 2 aromatic rings. The molecule has 104 valence electrons. The van der Waals surface area contributed by atoms with Crippen LogP contribution in [0.25, 0.3) is 11.0 Å². The van der Waals surface area contributed by atoms with Gasteiger partial charge >= 0.3 is 0 Å². The second-order valence-corrected chi connectivity index (χ2v) is 5.22. The zero-order valence-corrected chi connectivity index (χ0v) is 11.8. The Hall–Kier alpha value is -1.32. The predicted molar refractivity (Wildman–Crippen MR) is 78.0 cm³/mol. The lowest BCUT2D eigenvalue weighted by Gasteiger charge is -2.13. The first kappa shape index (κ1) is 14.1. The molecule has 0 spiro atoms. The molecule has 0 fully saturated rings. The van der Waals surface area contributed by atoms with Crippen LogP contribution in [0.1, 0.15) is 38.5 Å². The molecule has 2 rings (SSSR count). The molecule has 0 amide bonds. The molecule has 3 heteroatoms. The highest BCUT2D eigenvalue weighted by molar-refractivity contribution is 5.77. The van der Waals surface area contributed by atoms with Gasteiger partial charge in [0.2, 0.25) is 0 Å². The van der Waals surface area contributed by atoms with E-state index in [1.807, 2.05) is 30.3 Å². The van der Waals surface area contributed by atoms with Crippen LogP contribution < -0.4 is 5.73 Å². The van der Waals surface area contributed by atoms with Crippen LogP contribution in [0, 0.1) is 5.92 Å². The number of furan rings is 1. The molecule has 0 saturated carbocycles. The Balaban J connectivity index is 1.87. The minimum atomic E-state index is -0.193. The molecule has 2 N–H and O–H groups in total. The van der Waals surface area contributed by atoms with Gasteiger partial charge in [-0.1, -0.05) is 38.5 Å². The Kier molecular flexibility index (Phi) is 5.00. The van der Waals surface area contributed by atoms with Crippen molar-refractivity contribution in [3.8, 4) is 0 Å². The van der Waals surface area contributed by atoms with Gasteiger partial charge in [-0.3, -0.25) is 0 Å². The Morgan fingerprint density at radius 2 is 2.05 bits per heavy atom. The molecule has 0 aliphatic carbocycles. The molecular formula is C16H23NO2. The summed E-state index contributed by atoms with van der Waals surface area (Å²) >= 11 is 0. The van der Waals surface area contributed by atoms with E-state index < -0.39 is 0 Å². The summed E-state index contributed by atoms with van der Waals surface area (Å²) < 4.78 is 11.4. The topological polar surface area (TPSA) is 48.4 Å². The van der Waals surface area contributed by atoms with Gasteiger partial charge in [-0.15, -0.1) is 0 Å². The maximum atomic E-state index is 6.10. The SMILES string of the molecule is CCCC(C)COCC(N)c1cc2ccccc2o1. The van der Waals surface area contributed by atoms with Crippen LogP contribution in [-0.2, 0) is 4.74 Å². The molecule has 2 unspecified atom stereocenters. The van der Waals surface area contributed by atoms with Crippen LogP contribution in [0.5, 0.6) is 0 Å². The quantitative estimate of drug-likeness (QED) is 0.822. The average Bonchev–Trinajstić information content (AvgIpc) is 2.82. The maximum absolute atomic E-state index is 6.10. The zero-order valence-electron chi connectivity index (χ0n) is 11.8. The number of nitrogens with two attached hydrogens (primary N) is 1. The van der Waals surface area contributed by atoms with E-state index in [4.69, 9.17) is 14.9 Å². The molecule has 1 heterocycles. The van der Waals surface area contributed by atoms with Gasteiger partial charge in [0.25, 0.3) is 0 Å². The van der Waals surface area contributed by atoms with Crippen molar-refractivity contribution < 1.29 is 9.15 Å². The predicted octanol–water partition coefficient (Wildman–Crippen LogP) is 3.89. The van der Waals surface area contributed by atoms with E-state index in [0.29, 0.717) is 12.5 Å². The van der Waals surface area contributed by atoms with Gasteiger partial charge in [-0.05, 0) is 24.5 Å². The normalized spacial score (nSPS) is 14.7. The third-order valence-electron chi connectivity index (χ3n) is 3.29. The number of fused-ring (bicyclic) bond motifs is 1. The van der Waals surface area contributed by atoms with Gasteiger partial charge in [0.1, 0.15) is 11.3 Å². The molecule has 1 aromatic carbocycles. The van der Waals surface area contributed by atoms with E-state index in [2.05, 4.69) is 13.8 Å². The number of benzene rings is 1. The maximum Gasteiger partial charge on any atom is 0.134 e. The van der Waals surface area contributed by atoms with Gasteiger partial charge in [0, 0.05) is 12.0 Å². The summed E-state index contributed by atoms with van der Waals surface area (Å²) in [4.78, 5) is 0. The van der Waals surface area contributed by atoms with Crippen molar-refractivity contribution in [1.29, 1.82) is 0 Å². The van der Waals surface area contributed by atoms with Crippen molar-refractivity contribution in [2.75, 3.05) is 13.2 Å². The molecule has 0 saturated heterocycles. The fraction of sp³-hybridized carbons (Fsp3) is 0.500. The highest BCUT2D eigenvalue weighted by atomic mass is 16.5. The van der Waals surface area contributed by atoms with Crippen molar-refractivity contribution in [3.05, 3.63) is 36.1 Å². The van der Waals surface area contributed by atoms with Gasteiger partial charge in [0.15, 0.2) is 0 Å². The monoisotopic (exact) mass is 261 g/mol. The molecule has 0 radical (unpaired) electrons. The molecule has 0 aliphatic heterocycles. The summed E-state index contributed by atoms with van der Waals surface area (Å²) in [6.07, 6.45) is 2.39. The summed E-state index contributed by atoms with van der Waals surface area (Å²) in [5.41, 5.74) is 6.98. The highest BCUT2D eigenvalue weighted by Gasteiger charge is 2.12. The van der Waals surface area contributed by atoms with Crippen LogP contribution in [-0.4, -0.2) is 13.2 Å². The van der Waals surface area contributed by atoms with Crippen molar-refractivity contribution in [2.24, 2.45) is 11.7 Å². The summed E-state index contributed by atoms with van der Waals surface area (Å²) in [6.45, 7) is 5.67. The minimum Gasteiger partial charge on any atom is -0.459 e. The van der Waals surface area contributed by atoms with E-state index >= 15 is 0 Å². The lowest BCUT2D eigenvalue weighted by atomic mass is 10.1. The van der Waals surface area contributed by atoms with E-state index in [9.17, 15) is 0 Å². The van der Waals surface area contributed by atoms with E-state index in [-0.39, 0.29) is 6.04 Å². The number of hydrogen-bond donors (Lipinski definition) is 1. The average molecular weight is 261 g/mol. The van der Waals surface area contributed by atoms with Crippen LogP contribution in [0.4, 0.5) is 0 Å². The molecule has 19 heavy (non-hydrogen) atoms. The van der Waals surface area contributed by atoms with Gasteiger partial charge in [-0.25, -0.2) is 0 Å².